The van der Waals surface area contributed by atoms with Crippen molar-refractivity contribution in [3.63, 3.8) is 0 Å². The van der Waals surface area contributed by atoms with E-state index in [1.54, 1.807) is 6.07 Å². The fourth-order valence-electron chi connectivity index (χ4n) is 2.29. The molecule has 0 aromatic heterocycles. The number of halogens is 1. The third-order valence-electron chi connectivity index (χ3n) is 3.34. The van der Waals surface area contributed by atoms with Crippen LogP contribution in [-0.2, 0) is 6.42 Å². The van der Waals surface area contributed by atoms with E-state index in [9.17, 15) is 4.39 Å². The van der Waals surface area contributed by atoms with Gasteiger partial charge in [0.05, 0.1) is 0 Å². The monoisotopic (exact) mass is 243 g/mol. The molecule has 0 fully saturated rings. The van der Waals surface area contributed by atoms with Crippen LogP contribution in [0, 0.1) is 12.7 Å². The predicted molar refractivity (Wildman–Crippen MR) is 73.1 cm³/mol. The number of rotatable bonds is 4. The molecular weight excluding hydrogens is 225 g/mol. The molecule has 2 aromatic rings. The van der Waals surface area contributed by atoms with Gasteiger partial charge in [-0.2, -0.15) is 0 Å². The first-order valence-corrected chi connectivity index (χ1v) is 6.21. The Morgan fingerprint density at radius 2 is 1.72 bits per heavy atom. The smallest absolute Gasteiger partial charge is 0.126 e. The van der Waals surface area contributed by atoms with Crippen molar-refractivity contribution in [3.8, 4) is 0 Å². The Hall–Kier alpha value is -1.67. The standard InChI is InChI=1S/C16H18FN/c1-12-6-2-4-8-15(12)14(11-18)10-13-7-3-5-9-16(13)17/h2-9,14H,10-11,18H2,1H3. The second kappa shape index (κ2) is 5.78. The quantitative estimate of drug-likeness (QED) is 0.874. The predicted octanol–water partition coefficient (Wildman–Crippen LogP) is 3.42. The molecule has 2 aromatic carbocycles. The molecule has 0 saturated heterocycles. The van der Waals surface area contributed by atoms with Crippen LogP contribution >= 0.6 is 0 Å². The molecule has 2 N–H and O–H groups in total. The Morgan fingerprint density at radius 3 is 2.39 bits per heavy atom. The van der Waals surface area contributed by atoms with Crippen LogP contribution in [0.1, 0.15) is 22.6 Å². The molecule has 0 aliphatic rings. The van der Waals surface area contributed by atoms with Crippen molar-refractivity contribution in [2.24, 2.45) is 5.73 Å². The van der Waals surface area contributed by atoms with Gasteiger partial charge in [-0.3, -0.25) is 0 Å². The van der Waals surface area contributed by atoms with E-state index in [1.807, 2.05) is 24.3 Å². The van der Waals surface area contributed by atoms with Crippen molar-refractivity contribution >= 4 is 0 Å². The molecule has 0 saturated carbocycles. The molecule has 0 aliphatic heterocycles. The van der Waals surface area contributed by atoms with Crippen molar-refractivity contribution in [1.29, 1.82) is 0 Å². The van der Waals surface area contributed by atoms with Crippen molar-refractivity contribution in [2.45, 2.75) is 19.3 Å². The van der Waals surface area contributed by atoms with Gasteiger partial charge in [-0.25, -0.2) is 4.39 Å². The van der Waals surface area contributed by atoms with E-state index in [0.717, 1.165) is 5.56 Å². The first-order valence-electron chi connectivity index (χ1n) is 6.21. The molecule has 0 bridgehead atoms. The maximum atomic E-state index is 13.7. The third-order valence-corrected chi connectivity index (χ3v) is 3.34. The summed E-state index contributed by atoms with van der Waals surface area (Å²) in [6.07, 6.45) is 0.647. The van der Waals surface area contributed by atoms with Crippen molar-refractivity contribution in [1.82, 2.24) is 0 Å². The number of nitrogens with two attached hydrogens (primary N) is 1. The molecular formula is C16H18FN. The second-order valence-electron chi connectivity index (χ2n) is 4.58. The van der Waals surface area contributed by atoms with E-state index in [2.05, 4.69) is 19.1 Å². The SMILES string of the molecule is Cc1ccccc1C(CN)Cc1ccccc1F. The lowest BCUT2D eigenvalue weighted by atomic mass is 9.89. The Labute approximate surface area is 107 Å². The van der Waals surface area contributed by atoms with Gasteiger partial charge in [0.25, 0.3) is 0 Å². The minimum Gasteiger partial charge on any atom is -0.330 e. The number of benzene rings is 2. The van der Waals surface area contributed by atoms with Gasteiger partial charge in [-0.05, 0) is 42.6 Å². The van der Waals surface area contributed by atoms with Crippen LogP contribution in [0.4, 0.5) is 4.39 Å². The fraction of sp³-hybridized carbons (Fsp3) is 0.250. The molecule has 0 spiro atoms. The summed E-state index contributed by atoms with van der Waals surface area (Å²) in [5, 5.41) is 0. The Balaban J connectivity index is 2.26. The second-order valence-corrected chi connectivity index (χ2v) is 4.58. The molecule has 1 atom stereocenters. The van der Waals surface area contributed by atoms with Crippen LogP contribution in [0.5, 0.6) is 0 Å². The third kappa shape index (κ3) is 2.77. The number of hydrogen-bond donors (Lipinski definition) is 1. The summed E-state index contributed by atoms with van der Waals surface area (Å²) in [4.78, 5) is 0. The zero-order valence-electron chi connectivity index (χ0n) is 10.6. The minimum atomic E-state index is -0.149. The van der Waals surface area contributed by atoms with E-state index in [0.29, 0.717) is 13.0 Å². The molecule has 1 nitrogen and oxygen atoms in total. The van der Waals surface area contributed by atoms with Gasteiger partial charge in [0.1, 0.15) is 5.82 Å². The molecule has 0 radical (unpaired) electrons. The van der Waals surface area contributed by atoms with Crippen molar-refractivity contribution in [3.05, 3.63) is 71.0 Å². The lowest BCUT2D eigenvalue weighted by Gasteiger charge is -2.18. The largest absolute Gasteiger partial charge is 0.330 e. The highest BCUT2D eigenvalue weighted by Crippen LogP contribution is 2.24. The van der Waals surface area contributed by atoms with Gasteiger partial charge < -0.3 is 5.73 Å². The number of hydrogen-bond acceptors (Lipinski definition) is 1. The van der Waals surface area contributed by atoms with Gasteiger partial charge in [0.15, 0.2) is 0 Å². The minimum absolute atomic E-state index is 0.149. The van der Waals surface area contributed by atoms with Crippen LogP contribution in [0.2, 0.25) is 0 Å². The van der Waals surface area contributed by atoms with Crippen LogP contribution in [-0.4, -0.2) is 6.54 Å². The van der Waals surface area contributed by atoms with Crippen LogP contribution in [0.25, 0.3) is 0 Å². The molecule has 0 heterocycles. The highest BCUT2D eigenvalue weighted by molar-refractivity contribution is 5.31. The molecule has 1 unspecified atom stereocenters. The topological polar surface area (TPSA) is 26.0 Å². The zero-order valence-corrected chi connectivity index (χ0v) is 10.6. The first-order chi connectivity index (χ1) is 8.72. The summed E-state index contributed by atoms with van der Waals surface area (Å²) in [5.41, 5.74) is 9.01. The summed E-state index contributed by atoms with van der Waals surface area (Å²) >= 11 is 0. The van der Waals surface area contributed by atoms with Gasteiger partial charge >= 0.3 is 0 Å². The van der Waals surface area contributed by atoms with E-state index in [-0.39, 0.29) is 11.7 Å². The van der Waals surface area contributed by atoms with Crippen LogP contribution in [0.3, 0.4) is 0 Å². The van der Waals surface area contributed by atoms with Crippen LogP contribution in [0.15, 0.2) is 48.5 Å². The van der Waals surface area contributed by atoms with E-state index < -0.39 is 0 Å². The normalized spacial score (nSPS) is 12.4. The summed E-state index contributed by atoms with van der Waals surface area (Å²) in [7, 11) is 0. The van der Waals surface area contributed by atoms with Crippen molar-refractivity contribution < 1.29 is 4.39 Å². The molecule has 0 aliphatic carbocycles. The van der Waals surface area contributed by atoms with Gasteiger partial charge in [-0.15, -0.1) is 0 Å². The maximum absolute atomic E-state index is 13.7. The molecule has 94 valence electrons. The maximum Gasteiger partial charge on any atom is 0.126 e. The lowest BCUT2D eigenvalue weighted by Crippen LogP contribution is -2.16. The summed E-state index contributed by atoms with van der Waals surface area (Å²) < 4.78 is 13.7. The summed E-state index contributed by atoms with van der Waals surface area (Å²) in [6, 6.07) is 15.1. The Kier molecular flexibility index (Phi) is 4.11. The summed E-state index contributed by atoms with van der Waals surface area (Å²) in [5.74, 6) is 0.0210. The van der Waals surface area contributed by atoms with Gasteiger partial charge in [0, 0.05) is 5.92 Å². The van der Waals surface area contributed by atoms with Crippen LogP contribution < -0.4 is 5.73 Å². The molecule has 0 amide bonds. The van der Waals surface area contributed by atoms with Crippen molar-refractivity contribution in [2.75, 3.05) is 6.54 Å². The first kappa shape index (κ1) is 12.8. The highest BCUT2D eigenvalue weighted by atomic mass is 19.1. The average molecular weight is 243 g/mol. The Morgan fingerprint density at radius 1 is 1.06 bits per heavy atom. The van der Waals surface area contributed by atoms with E-state index in [1.165, 1.54) is 17.2 Å². The molecule has 2 heteroatoms. The average Bonchev–Trinajstić information content (AvgIpc) is 2.39. The molecule has 18 heavy (non-hydrogen) atoms. The van der Waals surface area contributed by atoms with E-state index >= 15 is 0 Å². The van der Waals surface area contributed by atoms with Gasteiger partial charge in [0.2, 0.25) is 0 Å². The zero-order chi connectivity index (χ0) is 13.0. The lowest BCUT2D eigenvalue weighted by molar-refractivity contribution is 0.589. The highest BCUT2D eigenvalue weighted by Gasteiger charge is 2.14. The van der Waals surface area contributed by atoms with E-state index in [4.69, 9.17) is 5.73 Å². The molecule has 2 rings (SSSR count). The fourth-order valence-corrected chi connectivity index (χ4v) is 2.29. The Bertz CT molecular complexity index is 522. The number of aryl methyl sites for hydroxylation is 1. The van der Waals surface area contributed by atoms with Gasteiger partial charge in [-0.1, -0.05) is 42.5 Å². The summed E-state index contributed by atoms with van der Waals surface area (Å²) in [6.45, 7) is 2.60.